The minimum absolute atomic E-state index is 0. The maximum Gasteiger partial charge on any atom is 0.280 e. The molecule has 0 unspecified atom stereocenters. The highest BCUT2D eigenvalue weighted by molar-refractivity contribution is 5.85. The number of aromatic amines is 1. The molecule has 0 saturated heterocycles. The van der Waals surface area contributed by atoms with Crippen molar-refractivity contribution in [3.8, 4) is 23.1 Å². The Bertz CT molecular complexity index is 937. The molecule has 1 N–H and O–H groups in total. The molecule has 9 heteroatoms. The zero-order chi connectivity index (χ0) is 17.9. The number of hydrogen-bond donors (Lipinski definition) is 1. The number of ether oxygens (including phenoxy) is 2. The SMILES string of the molecule is CCOc1cc(C2CC(Oc3ccc(-c4cc(=O)[nH]o4)cn3)C2)ccn1.Cl.Cl. The van der Waals surface area contributed by atoms with Gasteiger partial charge in [-0.15, -0.1) is 24.8 Å². The zero-order valence-electron chi connectivity index (χ0n) is 15.2. The quantitative estimate of drug-likeness (QED) is 0.641. The van der Waals surface area contributed by atoms with Gasteiger partial charge in [-0.25, -0.2) is 9.97 Å². The van der Waals surface area contributed by atoms with Crippen LogP contribution in [-0.2, 0) is 0 Å². The molecule has 0 aliphatic heterocycles. The molecule has 3 heterocycles. The molecule has 1 saturated carbocycles. The van der Waals surface area contributed by atoms with Crippen LogP contribution in [0.5, 0.6) is 11.8 Å². The lowest BCUT2D eigenvalue weighted by molar-refractivity contribution is 0.0934. The molecular formula is C19H21Cl2N3O4. The molecular weight excluding hydrogens is 405 g/mol. The number of aromatic nitrogens is 3. The van der Waals surface area contributed by atoms with Crippen molar-refractivity contribution >= 4 is 24.8 Å². The van der Waals surface area contributed by atoms with E-state index >= 15 is 0 Å². The van der Waals surface area contributed by atoms with Gasteiger partial charge in [-0.1, -0.05) is 0 Å². The minimum atomic E-state index is -0.274. The first-order chi connectivity index (χ1) is 12.7. The molecule has 3 aromatic rings. The van der Waals surface area contributed by atoms with E-state index in [4.69, 9.17) is 14.0 Å². The van der Waals surface area contributed by atoms with Crippen LogP contribution >= 0.6 is 24.8 Å². The first-order valence-corrected chi connectivity index (χ1v) is 8.61. The summed E-state index contributed by atoms with van der Waals surface area (Å²) in [5, 5.41) is 2.26. The largest absolute Gasteiger partial charge is 0.478 e. The number of nitrogens with one attached hydrogen (secondary N) is 1. The van der Waals surface area contributed by atoms with Crippen molar-refractivity contribution < 1.29 is 14.0 Å². The van der Waals surface area contributed by atoms with Crippen LogP contribution in [0, 0.1) is 0 Å². The predicted molar refractivity (Wildman–Crippen MR) is 109 cm³/mol. The van der Waals surface area contributed by atoms with Gasteiger partial charge < -0.3 is 14.0 Å². The molecule has 0 aromatic carbocycles. The molecule has 0 spiro atoms. The highest BCUT2D eigenvalue weighted by atomic mass is 35.5. The summed E-state index contributed by atoms with van der Waals surface area (Å²) in [7, 11) is 0. The van der Waals surface area contributed by atoms with Gasteiger partial charge in [-0.05, 0) is 43.4 Å². The molecule has 1 fully saturated rings. The van der Waals surface area contributed by atoms with Gasteiger partial charge in [0.05, 0.1) is 12.7 Å². The number of pyridine rings is 2. The van der Waals surface area contributed by atoms with Gasteiger partial charge in [0.1, 0.15) is 6.10 Å². The van der Waals surface area contributed by atoms with E-state index in [-0.39, 0.29) is 36.5 Å². The lowest BCUT2D eigenvalue weighted by Crippen LogP contribution is -2.32. The molecule has 4 rings (SSSR count). The van der Waals surface area contributed by atoms with E-state index < -0.39 is 0 Å². The van der Waals surface area contributed by atoms with E-state index in [1.165, 1.54) is 11.6 Å². The van der Waals surface area contributed by atoms with E-state index in [0.717, 1.165) is 18.4 Å². The van der Waals surface area contributed by atoms with Crippen molar-refractivity contribution in [3.63, 3.8) is 0 Å². The second-order valence-corrected chi connectivity index (χ2v) is 6.23. The van der Waals surface area contributed by atoms with Crippen molar-refractivity contribution in [2.45, 2.75) is 31.8 Å². The van der Waals surface area contributed by atoms with Crippen LogP contribution in [-0.4, -0.2) is 27.8 Å². The summed E-state index contributed by atoms with van der Waals surface area (Å²) in [6, 6.07) is 9.03. The third-order valence-electron chi connectivity index (χ3n) is 4.45. The van der Waals surface area contributed by atoms with Crippen LogP contribution in [0.1, 0.15) is 31.2 Å². The van der Waals surface area contributed by atoms with E-state index in [2.05, 4.69) is 15.1 Å². The number of H-pyrrole nitrogens is 1. The van der Waals surface area contributed by atoms with E-state index in [0.29, 0.717) is 30.0 Å². The molecule has 7 nitrogen and oxygen atoms in total. The van der Waals surface area contributed by atoms with Crippen LogP contribution in [0.25, 0.3) is 11.3 Å². The maximum atomic E-state index is 11.1. The lowest BCUT2D eigenvalue weighted by Gasteiger charge is -2.35. The Labute approximate surface area is 174 Å². The van der Waals surface area contributed by atoms with Crippen molar-refractivity contribution in [2.24, 2.45) is 0 Å². The summed E-state index contributed by atoms with van der Waals surface area (Å²) >= 11 is 0. The van der Waals surface area contributed by atoms with Crippen LogP contribution in [0.2, 0.25) is 0 Å². The Balaban J connectivity index is 0.00000140. The van der Waals surface area contributed by atoms with Gasteiger partial charge in [-0.2, -0.15) is 5.16 Å². The molecule has 0 atom stereocenters. The Morgan fingerprint density at radius 3 is 2.61 bits per heavy atom. The molecule has 1 aliphatic rings. The van der Waals surface area contributed by atoms with Crippen molar-refractivity contribution in [1.29, 1.82) is 0 Å². The van der Waals surface area contributed by atoms with Crippen LogP contribution in [0.15, 0.2) is 52.0 Å². The number of nitrogens with zero attached hydrogens (tertiary/aromatic N) is 2. The normalized spacial score (nSPS) is 17.6. The Hall–Kier alpha value is -2.51. The molecule has 0 radical (unpaired) electrons. The van der Waals surface area contributed by atoms with Gasteiger partial charge in [0.15, 0.2) is 5.76 Å². The minimum Gasteiger partial charge on any atom is -0.478 e. The Morgan fingerprint density at radius 1 is 1.14 bits per heavy atom. The fourth-order valence-electron chi connectivity index (χ4n) is 3.03. The Morgan fingerprint density at radius 2 is 1.96 bits per heavy atom. The second kappa shape index (κ2) is 9.61. The fourth-order valence-corrected chi connectivity index (χ4v) is 3.03. The zero-order valence-corrected chi connectivity index (χ0v) is 16.8. The van der Waals surface area contributed by atoms with Gasteiger partial charge in [-0.3, -0.25) is 4.79 Å². The smallest absolute Gasteiger partial charge is 0.280 e. The first-order valence-electron chi connectivity index (χ1n) is 8.61. The van der Waals surface area contributed by atoms with E-state index in [9.17, 15) is 4.79 Å². The third kappa shape index (κ3) is 4.85. The number of rotatable bonds is 6. The van der Waals surface area contributed by atoms with E-state index in [1.807, 2.05) is 25.1 Å². The van der Waals surface area contributed by atoms with Gasteiger partial charge >= 0.3 is 0 Å². The summed E-state index contributed by atoms with van der Waals surface area (Å²) in [6.45, 7) is 2.56. The topological polar surface area (TPSA) is 90.2 Å². The highest BCUT2D eigenvalue weighted by Crippen LogP contribution is 2.39. The first kappa shape index (κ1) is 21.8. The number of halogens is 2. The van der Waals surface area contributed by atoms with Crippen molar-refractivity contribution in [1.82, 2.24) is 15.1 Å². The Kier molecular flexibility index (Phi) is 7.48. The molecule has 150 valence electrons. The summed E-state index contributed by atoms with van der Waals surface area (Å²) in [5.41, 5.74) is 1.68. The van der Waals surface area contributed by atoms with Crippen LogP contribution in [0.4, 0.5) is 0 Å². The van der Waals surface area contributed by atoms with Crippen molar-refractivity contribution in [3.05, 3.63) is 58.6 Å². The maximum absolute atomic E-state index is 11.1. The second-order valence-electron chi connectivity index (χ2n) is 6.23. The number of hydrogen-bond acceptors (Lipinski definition) is 6. The molecule has 28 heavy (non-hydrogen) atoms. The molecule has 1 aliphatic carbocycles. The summed E-state index contributed by atoms with van der Waals surface area (Å²) < 4.78 is 16.4. The van der Waals surface area contributed by atoms with Gasteiger partial charge in [0.25, 0.3) is 5.56 Å². The predicted octanol–water partition coefficient (Wildman–Crippen LogP) is 3.99. The third-order valence-corrected chi connectivity index (χ3v) is 4.45. The molecule has 0 bridgehead atoms. The lowest BCUT2D eigenvalue weighted by atomic mass is 9.78. The summed E-state index contributed by atoms with van der Waals surface area (Å²) in [5.74, 6) is 2.15. The molecule has 0 amide bonds. The summed E-state index contributed by atoms with van der Waals surface area (Å²) in [4.78, 5) is 19.6. The highest BCUT2D eigenvalue weighted by Gasteiger charge is 2.32. The van der Waals surface area contributed by atoms with Crippen LogP contribution in [0.3, 0.4) is 0 Å². The fraction of sp³-hybridized carbons (Fsp3) is 0.316. The average Bonchev–Trinajstić information content (AvgIpc) is 3.05. The average molecular weight is 426 g/mol. The van der Waals surface area contributed by atoms with Gasteiger partial charge in [0, 0.05) is 30.1 Å². The monoisotopic (exact) mass is 425 g/mol. The summed E-state index contributed by atoms with van der Waals surface area (Å²) in [6.07, 6.45) is 5.44. The van der Waals surface area contributed by atoms with Gasteiger partial charge in [0.2, 0.25) is 11.8 Å². The standard InChI is InChI=1S/C19H19N3O4.2ClH/c1-2-24-19-9-12(5-6-20-19)14-7-15(8-14)25-18-4-3-13(11-21-18)16-10-17(23)22-26-16;;/h3-6,9-11,14-15H,2,7-8H2,1H3,(H,22,23);2*1H. The molecule has 3 aromatic heterocycles. The van der Waals surface area contributed by atoms with Crippen molar-refractivity contribution in [2.75, 3.05) is 6.61 Å². The van der Waals surface area contributed by atoms with Crippen LogP contribution < -0.4 is 15.0 Å². The van der Waals surface area contributed by atoms with E-state index in [1.54, 1.807) is 18.5 Å².